The second-order valence-electron chi connectivity index (χ2n) is 4.95. The zero-order valence-electron chi connectivity index (χ0n) is 13.6. The van der Waals surface area contributed by atoms with Gasteiger partial charge in [-0.1, -0.05) is 29.3 Å². The standard InChI is InChI=1S/C17H15Cl2N3O3S/c1-2-25-12-5-3-4-10(8-12)15(23)20-17(26)22-21-16(24)13-7-6-11(18)9-14(13)19/h3-9H,2H2,1H3,(H,21,24)(H2,20,22,23,26). The number of hydrogen-bond donors (Lipinski definition) is 3. The molecule has 2 aromatic rings. The first kappa shape index (κ1) is 20.0. The number of hydrazine groups is 1. The van der Waals surface area contributed by atoms with Crippen LogP contribution in [0.15, 0.2) is 42.5 Å². The summed E-state index contributed by atoms with van der Waals surface area (Å²) in [6, 6.07) is 11.1. The lowest BCUT2D eigenvalue weighted by molar-refractivity contribution is 0.0934. The number of hydrogen-bond acceptors (Lipinski definition) is 4. The fourth-order valence-corrected chi connectivity index (χ4v) is 2.59. The number of carbonyl (C=O) groups is 2. The van der Waals surface area contributed by atoms with E-state index < -0.39 is 11.8 Å². The summed E-state index contributed by atoms with van der Waals surface area (Å²) in [4.78, 5) is 24.2. The summed E-state index contributed by atoms with van der Waals surface area (Å²) < 4.78 is 5.34. The predicted octanol–water partition coefficient (Wildman–Crippen LogP) is 3.34. The van der Waals surface area contributed by atoms with E-state index in [1.54, 1.807) is 24.3 Å². The Labute approximate surface area is 165 Å². The number of ether oxygens (including phenoxy) is 1. The van der Waals surface area contributed by atoms with E-state index in [0.717, 1.165) is 0 Å². The SMILES string of the molecule is CCOc1cccc(C(=O)NC(=S)NNC(=O)c2ccc(Cl)cc2Cl)c1. The van der Waals surface area contributed by atoms with Gasteiger partial charge in [-0.25, -0.2) is 0 Å². The lowest BCUT2D eigenvalue weighted by Crippen LogP contribution is -2.48. The molecule has 0 saturated carbocycles. The summed E-state index contributed by atoms with van der Waals surface area (Å²) in [5.74, 6) is -0.394. The molecule has 26 heavy (non-hydrogen) atoms. The quantitative estimate of drug-likeness (QED) is 0.530. The van der Waals surface area contributed by atoms with Gasteiger partial charge in [0.15, 0.2) is 5.11 Å². The van der Waals surface area contributed by atoms with Gasteiger partial charge in [-0.3, -0.25) is 25.8 Å². The summed E-state index contributed by atoms with van der Waals surface area (Å²) >= 11 is 16.7. The molecule has 0 spiro atoms. The van der Waals surface area contributed by atoms with Gasteiger partial charge in [0.2, 0.25) is 0 Å². The van der Waals surface area contributed by atoms with E-state index in [-0.39, 0.29) is 15.7 Å². The Morgan fingerprint density at radius 2 is 1.85 bits per heavy atom. The molecule has 2 aromatic carbocycles. The number of halogens is 2. The molecule has 0 heterocycles. The summed E-state index contributed by atoms with van der Waals surface area (Å²) in [6.07, 6.45) is 0. The fourth-order valence-electron chi connectivity index (χ4n) is 1.95. The van der Waals surface area contributed by atoms with E-state index in [0.29, 0.717) is 22.9 Å². The van der Waals surface area contributed by atoms with Crippen molar-refractivity contribution in [2.45, 2.75) is 6.92 Å². The predicted molar refractivity (Wildman–Crippen MR) is 105 cm³/mol. The third-order valence-electron chi connectivity index (χ3n) is 3.10. The topological polar surface area (TPSA) is 79.5 Å². The number of benzene rings is 2. The van der Waals surface area contributed by atoms with Crippen molar-refractivity contribution in [2.75, 3.05) is 6.61 Å². The fraction of sp³-hybridized carbons (Fsp3) is 0.118. The van der Waals surface area contributed by atoms with Crippen LogP contribution in [0, 0.1) is 0 Å². The smallest absolute Gasteiger partial charge is 0.271 e. The Bertz CT molecular complexity index is 846. The first-order valence-corrected chi connectivity index (χ1v) is 8.66. The van der Waals surface area contributed by atoms with E-state index in [9.17, 15) is 9.59 Å². The maximum absolute atomic E-state index is 12.2. The zero-order valence-corrected chi connectivity index (χ0v) is 16.0. The second-order valence-corrected chi connectivity index (χ2v) is 6.20. The summed E-state index contributed by atoms with van der Waals surface area (Å²) in [5.41, 5.74) is 5.37. The largest absolute Gasteiger partial charge is 0.494 e. The van der Waals surface area contributed by atoms with Crippen molar-refractivity contribution < 1.29 is 14.3 Å². The molecule has 0 aliphatic carbocycles. The maximum atomic E-state index is 12.2. The Balaban J connectivity index is 1.91. The normalized spacial score (nSPS) is 9.96. The lowest BCUT2D eigenvalue weighted by Gasteiger charge is -2.12. The van der Waals surface area contributed by atoms with Crippen LogP contribution in [0.25, 0.3) is 0 Å². The minimum atomic E-state index is -0.526. The van der Waals surface area contributed by atoms with Crippen molar-refractivity contribution in [1.29, 1.82) is 0 Å². The zero-order chi connectivity index (χ0) is 19.1. The van der Waals surface area contributed by atoms with Crippen molar-refractivity contribution in [3.8, 4) is 5.75 Å². The highest BCUT2D eigenvalue weighted by molar-refractivity contribution is 7.80. The van der Waals surface area contributed by atoms with Gasteiger partial charge in [-0.05, 0) is 55.5 Å². The van der Waals surface area contributed by atoms with Crippen molar-refractivity contribution in [1.82, 2.24) is 16.2 Å². The minimum Gasteiger partial charge on any atom is -0.494 e. The van der Waals surface area contributed by atoms with E-state index in [4.69, 9.17) is 40.2 Å². The third-order valence-corrected chi connectivity index (χ3v) is 3.85. The van der Waals surface area contributed by atoms with Crippen molar-refractivity contribution >= 4 is 52.3 Å². The Morgan fingerprint density at radius 1 is 1.08 bits per heavy atom. The molecule has 0 fully saturated rings. The van der Waals surface area contributed by atoms with Gasteiger partial charge in [0, 0.05) is 10.6 Å². The highest BCUT2D eigenvalue weighted by Crippen LogP contribution is 2.20. The molecule has 0 bridgehead atoms. The molecule has 3 N–H and O–H groups in total. The summed E-state index contributed by atoms with van der Waals surface area (Å²) in [5, 5.41) is 2.99. The van der Waals surface area contributed by atoms with Crippen LogP contribution >= 0.6 is 35.4 Å². The molecule has 0 aliphatic rings. The van der Waals surface area contributed by atoms with Crippen LogP contribution in [0.3, 0.4) is 0 Å². The molecule has 0 atom stereocenters. The highest BCUT2D eigenvalue weighted by atomic mass is 35.5. The molecule has 0 aliphatic heterocycles. The van der Waals surface area contributed by atoms with Crippen LogP contribution in [-0.2, 0) is 0 Å². The van der Waals surface area contributed by atoms with Crippen molar-refractivity contribution in [2.24, 2.45) is 0 Å². The maximum Gasteiger partial charge on any atom is 0.271 e. The molecule has 2 amide bonds. The average Bonchev–Trinajstić information content (AvgIpc) is 2.60. The minimum absolute atomic E-state index is 0.0738. The average molecular weight is 412 g/mol. The highest BCUT2D eigenvalue weighted by Gasteiger charge is 2.12. The van der Waals surface area contributed by atoms with E-state index in [1.807, 2.05) is 6.92 Å². The molecule has 0 unspecified atom stereocenters. The van der Waals surface area contributed by atoms with Gasteiger partial charge in [0.25, 0.3) is 11.8 Å². The van der Waals surface area contributed by atoms with Gasteiger partial charge in [-0.2, -0.15) is 0 Å². The van der Waals surface area contributed by atoms with Gasteiger partial charge < -0.3 is 4.74 Å². The van der Waals surface area contributed by atoms with Crippen LogP contribution in [-0.4, -0.2) is 23.5 Å². The monoisotopic (exact) mass is 411 g/mol. The van der Waals surface area contributed by atoms with Gasteiger partial charge in [0.1, 0.15) is 5.75 Å². The van der Waals surface area contributed by atoms with Gasteiger partial charge in [-0.15, -0.1) is 0 Å². The molecule has 0 radical (unpaired) electrons. The van der Waals surface area contributed by atoms with Gasteiger partial charge in [0.05, 0.1) is 17.2 Å². The van der Waals surface area contributed by atoms with Crippen LogP contribution in [0.2, 0.25) is 10.0 Å². The molecule has 0 saturated heterocycles. The number of carbonyl (C=O) groups excluding carboxylic acids is 2. The number of nitrogens with one attached hydrogen (secondary N) is 3. The molecule has 9 heteroatoms. The number of thiocarbonyl (C=S) groups is 1. The first-order chi connectivity index (χ1) is 12.4. The second kappa shape index (κ2) is 9.38. The molecule has 6 nitrogen and oxygen atoms in total. The van der Waals surface area contributed by atoms with Crippen LogP contribution in [0.4, 0.5) is 0 Å². The van der Waals surface area contributed by atoms with Crippen LogP contribution < -0.4 is 20.9 Å². The lowest BCUT2D eigenvalue weighted by atomic mass is 10.2. The molecular weight excluding hydrogens is 397 g/mol. The third kappa shape index (κ3) is 5.59. The summed E-state index contributed by atoms with van der Waals surface area (Å²) in [7, 11) is 0. The van der Waals surface area contributed by atoms with Crippen LogP contribution in [0.1, 0.15) is 27.6 Å². The molecule has 136 valence electrons. The van der Waals surface area contributed by atoms with E-state index >= 15 is 0 Å². The van der Waals surface area contributed by atoms with Crippen molar-refractivity contribution in [3.63, 3.8) is 0 Å². The molecule has 0 aromatic heterocycles. The Kier molecular flexibility index (Phi) is 7.20. The van der Waals surface area contributed by atoms with Crippen molar-refractivity contribution in [3.05, 3.63) is 63.6 Å². The Morgan fingerprint density at radius 3 is 2.54 bits per heavy atom. The number of amides is 2. The summed E-state index contributed by atoms with van der Waals surface area (Å²) in [6.45, 7) is 2.34. The molecule has 2 rings (SSSR count). The molecular formula is C17H15Cl2N3O3S. The Hall–Kier alpha value is -2.35. The van der Waals surface area contributed by atoms with Gasteiger partial charge >= 0.3 is 0 Å². The van der Waals surface area contributed by atoms with Crippen LogP contribution in [0.5, 0.6) is 5.75 Å². The van der Waals surface area contributed by atoms with E-state index in [1.165, 1.54) is 18.2 Å². The number of rotatable bonds is 4. The van der Waals surface area contributed by atoms with E-state index in [2.05, 4.69) is 16.2 Å². The first-order valence-electron chi connectivity index (χ1n) is 7.50.